The van der Waals surface area contributed by atoms with Crippen molar-refractivity contribution >= 4 is 17.5 Å². The zero-order valence-corrected chi connectivity index (χ0v) is 13.3. The molecule has 23 heavy (non-hydrogen) atoms. The zero-order valence-electron chi connectivity index (χ0n) is 13.3. The van der Waals surface area contributed by atoms with Gasteiger partial charge in [-0.05, 0) is 29.8 Å². The quantitative estimate of drug-likeness (QED) is 0.891. The van der Waals surface area contributed by atoms with E-state index < -0.39 is 0 Å². The highest BCUT2D eigenvalue weighted by Crippen LogP contribution is 2.19. The lowest BCUT2D eigenvalue weighted by Gasteiger charge is -2.21. The summed E-state index contributed by atoms with van der Waals surface area (Å²) in [6.07, 6.45) is 0. The number of methoxy groups -OCH3 is 1. The largest absolute Gasteiger partial charge is 0.497 e. The minimum atomic E-state index is -0.208. The highest BCUT2D eigenvalue weighted by molar-refractivity contribution is 5.97. The van der Waals surface area contributed by atoms with Gasteiger partial charge in [-0.2, -0.15) is 0 Å². The van der Waals surface area contributed by atoms with Gasteiger partial charge in [-0.3, -0.25) is 9.59 Å². The number of carbonyl (C=O) groups is 2. The minimum Gasteiger partial charge on any atom is -0.497 e. The fraction of sp³-hybridized carbons (Fsp3) is 0.222. The molecule has 2 aromatic rings. The molecule has 0 atom stereocenters. The molecule has 5 nitrogen and oxygen atoms in total. The summed E-state index contributed by atoms with van der Waals surface area (Å²) in [6, 6.07) is 16.7. The molecule has 0 fully saturated rings. The van der Waals surface area contributed by atoms with Crippen LogP contribution in [0, 0.1) is 0 Å². The van der Waals surface area contributed by atoms with E-state index in [2.05, 4.69) is 5.32 Å². The van der Waals surface area contributed by atoms with Gasteiger partial charge in [0, 0.05) is 19.2 Å². The molecule has 0 radical (unpaired) electrons. The molecule has 1 N–H and O–H groups in total. The molecule has 0 spiro atoms. The molecule has 0 heterocycles. The minimum absolute atomic E-state index is 0.0193. The Kier molecular flexibility index (Phi) is 5.74. The van der Waals surface area contributed by atoms with Crippen molar-refractivity contribution in [1.82, 2.24) is 5.32 Å². The molecule has 0 saturated heterocycles. The third-order valence-electron chi connectivity index (χ3n) is 3.40. The van der Waals surface area contributed by atoms with Gasteiger partial charge < -0.3 is 15.0 Å². The maximum atomic E-state index is 12.1. The summed E-state index contributed by atoms with van der Waals surface area (Å²) in [7, 11) is 1.58. The first-order valence-corrected chi connectivity index (χ1v) is 7.33. The lowest BCUT2D eigenvalue weighted by atomic mass is 10.2. The first-order chi connectivity index (χ1) is 11.1. The van der Waals surface area contributed by atoms with Crippen LogP contribution in [0.25, 0.3) is 0 Å². The molecule has 0 aliphatic heterocycles. The molecular formula is C18H20N2O3. The van der Waals surface area contributed by atoms with Gasteiger partial charge in [0.15, 0.2) is 0 Å². The van der Waals surface area contributed by atoms with Crippen LogP contribution in [0.15, 0.2) is 54.6 Å². The lowest BCUT2D eigenvalue weighted by Crippen LogP contribution is -2.39. The first kappa shape index (κ1) is 16.5. The van der Waals surface area contributed by atoms with E-state index in [1.807, 2.05) is 30.3 Å². The van der Waals surface area contributed by atoms with E-state index in [4.69, 9.17) is 4.74 Å². The van der Waals surface area contributed by atoms with Crippen LogP contribution in [0.5, 0.6) is 5.75 Å². The predicted octanol–water partition coefficient (Wildman–Crippen LogP) is 2.36. The Morgan fingerprint density at radius 3 is 2.26 bits per heavy atom. The molecule has 0 aromatic heterocycles. The third kappa shape index (κ3) is 4.85. The van der Waals surface area contributed by atoms with Crippen molar-refractivity contribution in [2.24, 2.45) is 0 Å². The standard InChI is InChI=1S/C18H20N2O3/c1-14(21)20(16-8-10-17(23-2)11-9-16)13-18(22)19-12-15-6-4-3-5-7-15/h3-11H,12-13H2,1-2H3,(H,19,22). The number of rotatable bonds is 6. The number of ether oxygens (including phenoxy) is 1. The van der Waals surface area contributed by atoms with Crippen molar-refractivity contribution in [3.63, 3.8) is 0 Å². The van der Waals surface area contributed by atoms with E-state index in [-0.39, 0.29) is 18.4 Å². The Morgan fingerprint density at radius 1 is 1.04 bits per heavy atom. The molecule has 2 amide bonds. The van der Waals surface area contributed by atoms with Gasteiger partial charge in [-0.15, -0.1) is 0 Å². The van der Waals surface area contributed by atoms with E-state index >= 15 is 0 Å². The van der Waals surface area contributed by atoms with Crippen molar-refractivity contribution in [3.05, 3.63) is 60.2 Å². The van der Waals surface area contributed by atoms with Crippen LogP contribution >= 0.6 is 0 Å². The maximum Gasteiger partial charge on any atom is 0.240 e. The molecule has 0 bridgehead atoms. The highest BCUT2D eigenvalue weighted by atomic mass is 16.5. The van der Waals surface area contributed by atoms with Crippen LogP contribution in [0.4, 0.5) is 5.69 Å². The van der Waals surface area contributed by atoms with E-state index in [0.29, 0.717) is 18.0 Å². The summed E-state index contributed by atoms with van der Waals surface area (Å²) >= 11 is 0. The Bertz CT molecular complexity index is 654. The number of nitrogens with one attached hydrogen (secondary N) is 1. The fourth-order valence-electron chi connectivity index (χ4n) is 2.14. The van der Waals surface area contributed by atoms with E-state index in [0.717, 1.165) is 5.56 Å². The van der Waals surface area contributed by atoms with E-state index in [1.54, 1.807) is 31.4 Å². The highest BCUT2D eigenvalue weighted by Gasteiger charge is 2.15. The van der Waals surface area contributed by atoms with Crippen LogP contribution in [-0.4, -0.2) is 25.5 Å². The van der Waals surface area contributed by atoms with Gasteiger partial charge in [0.1, 0.15) is 12.3 Å². The van der Waals surface area contributed by atoms with Crippen LogP contribution in [0.3, 0.4) is 0 Å². The van der Waals surface area contributed by atoms with Crippen molar-refractivity contribution < 1.29 is 14.3 Å². The molecule has 0 aliphatic carbocycles. The normalized spacial score (nSPS) is 10.0. The van der Waals surface area contributed by atoms with Crippen LogP contribution in [0.2, 0.25) is 0 Å². The van der Waals surface area contributed by atoms with E-state index in [1.165, 1.54) is 11.8 Å². The summed E-state index contributed by atoms with van der Waals surface area (Å²) in [6.45, 7) is 1.86. The van der Waals surface area contributed by atoms with Gasteiger partial charge in [0.2, 0.25) is 11.8 Å². The Morgan fingerprint density at radius 2 is 1.70 bits per heavy atom. The van der Waals surface area contributed by atoms with Crippen LogP contribution in [0.1, 0.15) is 12.5 Å². The average molecular weight is 312 g/mol. The molecular weight excluding hydrogens is 292 g/mol. The predicted molar refractivity (Wildman–Crippen MR) is 89.3 cm³/mol. The number of benzene rings is 2. The second kappa shape index (κ2) is 7.98. The molecule has 120 valence electrons. The van der Waals surface area contributed by atoms with Gasteiger partial charge in [0.05, 0.1) is 7.11 Å². The molecule has 2 aromatic carbocycles. The lowest BCUT2D eigenvalue weighted by molar-refractivity contribution is -0.123. The summed E-state index contributed by atoms with van der Waals surface area (Å²) in [5.74, 6) is 0.302. The maximum absolute atomic E-state index is 12.1. The number of carbonyl (C=O) groups excluding carboxylic acids is 2. The van der Waals surface area contributed by atoms with Crippen molar-refractivity contribution in [3.8, 4) is 5.75 Å². The first-order valence-electron chi connectivity index (χ1n) is 7.33. The third-order valence-corrected chi connectivity index (χ3v) is 3.40. The monoisotopic (exact) mass is 312 g/mol. The fourth-order valence-corrected chi connectivity index (χ4v) is 2.14. The van der Waals surface area contributed by atoms with Gasteiger partial charge in [-0.1, -0.05) is 30.3 Å². The number of anilines is 1. The van der Waals surface area contributed by atoms with Gasteiger partial charge in [-0.25, -0.2) is 0 Å². The summed E-state index contributed by atoms with van der Waals surface area (Å²) in [5, 5.41) is 2.82. The van der Waals surface area contributed by atoms with Crippen LogP contribution in [-0.2, 0) is 16.1 Å². The SMILES string of the molecule is COc1ccc(N(CC(=O)NCc2ccccc2)C(C)=O)cc1. The average Bonchev–Trinajstić information content (AvgIpc) is 2.58. The number of hydrogen-bond acceptors (Lipinski definition) is 3. The number of amides is 2. The second-order valence-corrected chi connectivity index (χ2v) is 5.07. The molecule has 0 saturated carbocycles. The second-order valence-electron chi connectivity index (χ2n) is 5.07. The van der Waals surface area contributed by atoms with Gasteiger partial charge in [0.25, 0.3) is 0 Å². The summed E-state index contributed by atoms with van der Waals surface area (Å²) in [4.78, 5) is 25.4. The van der Waals surface area contributed by atoms with E-state index in [9.17, 15) is 9.59 Å². The molecule has 2 rings (SSSR count). The topological polar surface area (TPSA) is 58.6 Å². The van der Waals surface area contributed by atoms with Gasteiger partial charge >= 0.3 is 0 Å². The van der Waals surface area contributed by atoms with Crippen molar-refractivity contribution in [2.75, 3.05) is 18.6 Å². The number of hydrogen-bond donors (Lipinski definition) is 1. The molecule has 0 unspecified atom stereocenters. The van der Waals surface area contributed by atoms with Crippen LogP contribution < -0.4 is 15.0 Å². The van der Waals surface area contributed by atoms with Crippen molar-refractivity contribution in [1.29, 1.82) is 0 Å². The molecule has 5 heteroatoms. The molecule has 0 aliphatic rings. The summed E-state index contributed by atoms with van der Waals surface area (Å²) < 4.78 is 5.10. The zero-order chi connectivity index (χ0) is 16.7. The Hall–Kier alpha value is -2.82. The Labute approximate surface area is 135 Å². The summed E-state index contributed by atoms with van der Waals surface area (Å²) in [5.41, 5.74) is 1.67. The van der Waals surface area contributed by atoms with Crippen molar-refractivity contribution in [2.45, 2.75) is 13.5 Å². The number of nitrogens with zero attached hydrogens (tertiary/aromatic N) is 1. The smallest absolute Gasteiger partial charge is 0.240 e. The Balaban J connectivity index is 1.98.